The van der Waals surface area contributed by atoms with Gasteiger partial charge < -0.3 is 30.6 Å². The molecule has 0 heterocycles. The SMILES string of the molecule is CC(=O)O.CCCCCCCCCCCCCCCC(=O)O.CCCCCCCCCCCCCCCC(=O)O.OCC(O)CO. The van der Waals surface area contributed by atoms with Gasteiger partial charge in [-0.15, -0.1) is 0 Å². The normalized spacial score (nSPS) is 10.2. The summed E-state index contributed by atoms with van der Waals surface area (Å²) in [6, 6.07) is 0. The summed E-state index contributed by atoms with van der Waals surface area (Å²) in [6.45, 7) is 4.87. The Morgan fingerprint density at radius 3 is 0.717 bits per heavy atom. The molecule has 0 unspecified atom stereocenters. The average molecular weight is 665 g/mol. The predicted octanol–water partition coefficient (Wildman–Crippen LogP) is 9.53. The highest BCUT2D eigenvalue weighted by atomic mass is 16.4. The summed E-state index contributed by atoms with van der Waals surface area (Å²) >= 11 is 0. The molecule has 0 aromatic carbocycles. The van der Waals surface area contributed by atoms with Crippen molar-refractivity contribution < 1.29 is 45.0 Å². The Morgan fingerprint density at radius 2 is 0.587 bits per heavy atom. The highest BCUT2D eigenvalue weighted by Crippen LogP contribution is 2.14. The van der Waals surface area contributed by atoms with Crippen LogP contribution in [0.5, 0.6) is 0 Å². The van der Waals surface area contributed by atoms with Crippen LogP contribution in [-0.4, -0.2) is 67.9 Å². The van der Waals surface area contributed by atoms with E-state index in [2.05, 4.69) is 13.8 Å². The van der Waals surface area contributed by atoms with Gasteiger partial charge in [-0.05, 0) is 12.8 Å². The first kappa shape index (κ1) is 51.1. The lowest BCUT2D eigenvalue weighted by Gasteiger charge is -2.02. The maximum Gasteiger partial charge on any atom is 0.303 e. The molecule has 0 amide bonds. The predicted molar refractivity (Wildman–Crippen MR) is 189 cm³/mol. The third kappa shape index (κ3) is 69.1. The molecule has 9 nitrogen and oxygen atoms in total. The minimum absolute atomic E-state index is 0.345. The van der Waals surface area contributed by atoms with Gasteiger partial charge in [0.1, 0.15) is 6.10 Å². The summed E-state index contributed by atoms with van der Waals surface area (Å²) in [6.07, 6.45) is 33.6. The van der Waals surface area contributed by atoms with E-state index in [9.17, 15) is 9.59 Å². The second kappa shape index (κ2) is 47.7. The number of carboxylic acid groups (broad SMARTS) is 3. The van der Waals surface area contributed by atoms with Crippen molar-refractivity contribution in [2.24, 2.45) is 0 Å². The molecule has 0 bridgehead atoms. The fourth-order valence-electron chi connectivity index (χ4n) is 4.65. The molecule has 0 spiro atoms. The fraction of sp³-hybridized carbons (Fsp3) is 0.919. The molecule has 0 fully saturated rings. The van der Waals surface area contributed by atoms with E-state index in [1.54, 1.807) is 0 Å². The Bertz CT molecular complexity index is 551. The van der Waals surface area contributed by atoms with Crippen LogP contribution in [0.15, 0.2) is 0 Å². The van der Waals surface area contributed by atoms with Crippen molar-refractivity contribution in [3.8, 4) is 0 Å². The third-order valence-electron chi connectivity index (χ3n) is 7.41. The van der Waals surface area contributed by atoms with Gasteiger partial charge in [-0.2, -0.15) is 0 Å². The van der Waals surface area contributed by atoms with Crippen molar-refractivity contribution in [1.82, 2.24) is 0 Å². The minimum Gasteiger partial charge on any atom is -0.481 e. The Balaban J connectivity index is -0.000000296. The van der Waals surface area contributed by atoms with Gasteiger partial charge in [-0.3, -0.25) is 14.4 Å². The van der Waals surface area contributed by atoms with Crippen molar-refractivity contribution in [2.45, 2.75) is 207 Å². The Hall–Kier alpha value is -1.71. The molecule has 0 atom stereocenters. The van der Waals surface area contributed by atoms with Crippen LogP contribution in [0.25, 0.3) is 0 Å². The van der Waals surface area contributed by atoms with E-state index in [1.165, 1.54) is 141 Å². The van der Waals surface area contributed by atoms with E-state index in [-0.39, 0.29) is 13.2 Å². The summed E-state index contributed by atoms with van der Waals surface area (Å²) < 4.78 is 0. The number of hydrogen-bond acceptors (Lipinski definition) is 6. The molecule has 0 saturated heterocycles. The number of aliphatic hydroxyl groups excluding tert-OH is 3. The summed E-state index contributed by atoms with van der Waals surface area (Å²) in [5, 5.41) is 48.4. The maximum atomic E-state index is 10.3. The van der Waals surface area contributed by atoms with E-state index in [0.717, 1.165) is 32.6 Å². The van der Waals surface area contributed by atoms with Crippen molar-refractivity contribution in [3.05, 3.63) is 0 Å². The van der Waals surface area contributed by atoms with Crippen LogP contribution < -0.4 is 0 Å². The van der Waals surface area contributed by atoms with Gasteiger partial charge in [-0.1, -0.05) is 168 Å². The zero-order valence-corrected chi connectivity index (χ0v) is 30.2. The van der Waals surface area contributed by atoms with Crippen LogP contribution >= 0.6 is 0 Å². The topological polar surface area (TPSA) is 173 Å². The standard InChI is InChI=1S/2C16H32O2.C3H8O3.C2H4O2/c2*1-2-3-4-5-6-7-8-9-10-11-12-13-14-15-16(17)18;4-1-3(6)2-5;1-2(3)4/h2*2-15H2,1H3,(H,17,18);3-6H,1-2H2;1H3,(H,3,4). The van der Waals surface area contributed by atoms with Crippen LogP contribution in [0.1, 0.15) is 201 Å². The summed E-state index contributed by atoms with van der Waals surface area (Å²) in [5.41, 5.74) is 0. The lowest BCUT2D eigenvalue weighted by atomic mass is 10.0. The highest BCUT2D eigenvalue weighted by Gasteiger charge is 1.98. The van der Waals surface area contributed by atoms with Crippen molar-refractivity contribution in [3.63, 3.8) is 0 Å². The van der Waals surface area contributed by atoms with Crippen LogP contribution in [-0.2, 0) is 14.4 Å². The molecule has 0 aliphatic heterocycles. The molecular weight excluding hydrogens is 588 g/mol. The van der Waals surface area contributed by atoms with Crippen LogP contribution in [0.4, 0.5) is 0 Å². The van der Waals surface area contributed by atoms with E-state index >= 15 is 0 Å². The lowest BCUT2D eigenvalue weighted by Crippen LogP contribution is -2.15. The quantitative estimate of drug-likeness (QED) is 0.0409. The minimum atomic E-state index is -0.954. The van der Waals surface area contributed by atoms with E-state index in [4.69, 9.17) is 35.4 Å². The number of carboxylic acids is 3. The fourth-order valence-corrected chi connectivity index (χ4v) is 4.65. The first-order valence-electron chi connectivity index (χ1n) is 18.6. The van der Waals surface area contributed by atoms with Crippen LogP contribution in [0, 0.1) is 0 Å². The van der Waals surface area contributed by atoms with Gasteiger partial charge in [0, 0.05) is 19.8 Å². The van der Waals surface area contributed by atoms with Crippen molar-refractivity contribution in [1.29, 1.82) is 0 Å². The van der Waals surface area contributed by atoms with Gasteiger partial charge in [0.15, 0.2) is 0 Å². The van der Waals surface area contributed by atoms with E-state index < -0.39 is 24.0 Å². The summed E-state index contributed by atoms with van der Waals surface area (Å²) in [5.74, 6) is -2.14. The summed E-state index contributed by atoms with van der Waals surface area (Å²) in [4.78, 5) is 29.6. The van der Waals surface area contributed by atoms with E-state index in [1.807, 2.05) is 0 Å². The number of aliphatic hydroxyl groups is 3. The molecule has 6 N–H and O–H groups in total. The molecule has 278 valence electrons. The van der Waals surface area contributed by atoms with Crippen LogP contribution in [0.3, 0.4) is 0 Å². The maximum absolute atomic E-state index is 10.3. The zero-order valence-electron chi connectivity index (χ0n) is 30.2. The van der Waals surface area contributed by atoms with Gasteiger partial charge in [0.05, 0.1) is 13.2 Å². The number of hydrogen-bond donors (Lipinski definition) is 6. The number of unbranched alkanes of at least 4 members (excludes halogenated alkanes) is 24. The molecule has 0 aliphatic carbocycles. The van der Waals surface area contributed by atoms with Gasteiger partial charge in [0.25, 0.3) is 5.97 Å². The largest absolute Gasteiger partial charge is 0.481 e. The molecule has 0 rings (SSSR count). The second-order valence-corrected chi connectivity index (χ2v) is 12.3. The summed E-state index contributed by atoms with van der Waals surface area (Å²) in [7, 11) is 0. The third-order valence-corrected chi connectivity index (χ3v) is 7.41. The Morgan fingerprint density at radius 1 is 0.413 bits per heavy atom. The van der Waals surface area contributed by atoms with E-state index in [0.29, 0.717) is 12.8 Å². The zero-order chi connectivity index (χ0) is 35.5. The van der Waals surface area contributed by atoms with Crippen molar-refractivity contribution >= 4 is 17.9 Å². The molecule has 0 saturated carbocycles. The molecule has 9 heteroatoms. The number of carbonyl (C=O) groups is 3. The molecule has 0 aromatic rings. The first-order chi connectivity index (χ1) is 22.1. The second-order valence-electron chi connectivity index (χ2n) is 12.3. The number of rotatable bonds is 30. The lowest BCUT2D eigenvalue weighted by molar-refractivity contribution is -0.138. The molecular formula is C37H76O9. The van der Waals surface area contributed by atoms with Gasteiger partial charge in [-0.25, -0.2) is 0 Å². The molecule has 0 radical (unpaired) electrons. The Labute approximate surface area is 282 Å². The Kier molecular flexibility index (Phi) is 53.0. The van der Waals surface area contributed by atoms with Gasteiger partial charge >= 0.3 is 11.9 Å². The first-order valence-corrected chi connectivity index (χ1v) is 18.6. The smallest absolute Gasteiger partial charge is 0.303 e. The average Bonchev–Trinajstić information content (AvgIpc) is 3.01. The highest BCUT2D eigenvalue weighted by molar-refractivity contribution is 5.66. The molecule has 0 aliphatic rings. The molecule has 46 heavy (non-hydrogen) atoms. The molecule has 0 aromatic heterocycles. The number of aliphatic carboxylic acids is 3. The van der Waals surface area contributed by atoms with Crippen molar-refractivity contribution in [2.75, 3.05) is 13.2 Å². The monoisotopic (exact) mass is 665 g/mol. The van der Waals surface area contributed by atoms with Gasteiger partial charge in [0.2, 0.25) is 0 Å². The van der Waals surface area contributed by atoms with Crippen LogP contribution in [0.2, 0.25) is 0 Å².